The Hall–Kier alpha value is -2.51. The standard InChI is InChI=1S/C16H22N6O2/c1-2-3-9-21-15(23)7-6-14(19-21)16(24)20-8-4-5-13(10-20)22-12-17-11-18-22/h6-7,11-13H,2-5,8-10H2,1H3. The Bertz CT molecular complexity index is 739. The molecule has 1 aliphatic rings. The maximum absolute atomic E-state index is 12.8. The van der Waals surface area contributed by atoms with Gasteiger partial charge in [0.25, 0.3) is 11.5 Å². The van der Waals surface area contributed by atoms with Gasteiger partial charge in [-0.15, -0.1) is 0 Å². The Balaban J connectivity index is 1.74. The first-order chi connectivity index (χ1) is 11.7. The molecule has 1 aliphatic heterocycles. The van der Waals surface area contributed by atoms with Gasteiger partial charge in [-0.3, -0.25) is 9.59 Å². The highest BCUT2D eigenvalue weighted by Gasteiger charge is 2.26. The van der Waals surface area contributed by atoms with E-state index < -0.39 is 0 Å². The number of amides is 1. The average molecular weight is 330 g/mol. The molecule has 0 bridgehead atoms. The van der Waals surface area contributed by atoms with E-state index in [1.807, 2.05) is 0 Å². The molecule has 0 aromatic carbocycles. The zero-order valence-electron chi connectivity index (χ0n) is 13.8. The lowest BCUT2D eigenvalue weighted by Crippen LogP contribution is -2.41. The van der Waals surface area contributed by atoms with Gasteiger partial charge in [-0.2, -0.15) is 10.2 Å². The third kappa shape index (κ3) is 3.52. The van der Waals surface area contributed by atoms with E-state index in [2.05, 4.69) is 22.1 Å². The molecule has 1 fully saturated rings. The molecule has 0 aliphatic carbocycles. The summed E-state index contributed by atoms with van der Waals surface area (Å²) in [6.45, 7) is 3.87. The Morgan fingerprint density at radius 2 is 2.25 bits per heavy atom. The number of hydrogen-bond donors (Lipinski definition) is 0. The van der Waals surface area contributed by atoms with Crippen molar-refractivity contribution in [1.82, 2.24) is 29.4 Å². The van der Waals surface area contributed by atoms with Crippen LogP contribution in [0.1, 0.15) is 49.1 Å². The van der Waals surface area contributed by atoms with E-state index in [1.165, 1.54) is 23.1 Å². The summed E-state index contributed by atoms with van der Waals surface area (Å²) >= 11 is 0. The number of nitrogens with zero attached hydrogens (tertiary/aromatic N) is 6. The number of aromatic nitrogens is 5. The van der Waals surface area contributed by atoms with Crippen molar-refractivity contribution in [2.45, 2.75) is 45.2 Å². The first-order valence-electron chi connectivity index (χ1n) is 8.40. The third-order valence-corrected chi connectivity index (χ3v) is 4.30. The molecule has 0 spiro atoms. The van der Waals surface area contributed by atoms with E-state index >= 15 is 0 Å². The molecule has 3 heterocycles. The fraction of sp³-hybridized carbons (Fsp3) is 0.562. The lowest BCUT2D eigenvalue weighted by Gasteiger charge is -2.32. The van der Waals surface area contributed by atoms with Gasteiger partial charge in [0.1, 0.15) is 18.3 Å². The minimum Gasteiger partial charge on any atom is -0.335 e. The maximum atomic E-state index is 12.8. The number of aryl methyl sites for hydroxylation is 1. The van der Waals surface area contributed by atoms with Gasteiger partial charge in [-0.25, -0.2) is 14.3 Å². The molecular formula is C16H22N6O2. The minimum atomic E-state index is -0.167. The monoisotopic (exact) mass is 330 g/mol. The van der Waals surface area contributed by atoms with Crippen LogP contribution in [0.25, 0.3) is 0 Å². The molecular weight excluding hydrogens is 308 g/mol. The topological polar surface area (TPSA) is 85.9 Å². The predicted octanol–water partition coefficient (Wildman–Crippen LogP) is 1.11. The molecule has 128 valence electrons. The van der Waals surface area contributed by atoms with Crippen LogP contribution in [0.2, 0.25) is 0 Å². The van der Waals surface area contributed by atoms with Crippen LogP contribution >= 0.6 is 0 Å². The summed E-state index contributed by atoms with van der Waals surface area (Å²) in [7, 11) is 0. The Morgan fingerprint density at radius 3 is 3.00 bits per heavy atom. The van der Waals surface area contributed by atoms with Gasteiger partial charge in [-0.05, 0) is 25.3 Å². The summed E-state index contributed by atoms with van der Waals surface area (Å²) in [6.07, 6.45) is 6.90. The van der Waals surface area contributed by atoms with Crippen molar-refractivity contribution in [2.75, 3.05) is 13.1 Å². The van der Waals surface area contributed by atoms with Crippen molar-refractivity contribution in [1.29, 1.82) is 0 Å². The molecule has 1 saturated heterocycles. The number of piperidine rings is 1. The van der Waals surface area contributed by atoms with Crippen molar-refractivity contribution >= 4 is 5.91 Å². The molecule has 2 aromatic rings. The van der Waals surface area contributed by atoms with Crippen molar-refractivity contribution in [3.8, 4) is 0 Å². The SMILES string of the molecule is CCCCn1nc(C(=O)N2CCCC(n3cncn3)C2)ccc1=O. The van der Waals surface area contributed by atoms with Crippen molar-refractivity contribution < 1.29 is 4.79 Å². The second-order valence-corrected chi connectivity index (χ2v) is 6.06. The van der Waals surface area contributed by atoms with Crippen LogP contribution in [-0.4, -0.2) is 48.4 Å². The van der Waals surface area contributed by atoms with E-state index in [9.17, 15) is 9.59 Å². The minimum absolute atomic E-state index is 0.134. The van der Waals surface area contributed by atoms with Gasteiger partial charge < -0.3 is 4.90 Å². The highest BCUT2D eigenvalue weighted by molar-refractivity contribution is 5.92. The van der Waals surface area contributed by atoms with E-state index in [4.69, 9.17) is 0 Å². The summed E-state index contributed by atoms with van der Waals surface area (Å²) < 4.78 is 3.19. The average Bonchev–Trinajstić information content (AvgIpc) is 3.15. The molecule has 0 N–H and O–H groups in total. The molecule has 0 radical (unpaired) electrons. The van der Waals surface area contributed by atoms with Crippen molar-refractivity contribution in [2.24, 2.45) is 0 Å². The normalized spacial score (nSPS) is 17.9. The van der Waals surface area contributed by atoms with Crippen molar-refractivity contribution in [3.05, 3.63) is 40.8 Å². The lowest BCUT2D eigenvalue weighted by atomic mass is 10.1. The maximum Gasteiger partial charge on any atom is 0.274 e. The van der Waals surface area contributed by atoms with E-state index in [0.29, 0.717) is 25.3 Å². The zero-order valence-corrected chi connectivity index (χ0v) is 13.8. The predicted molar refractivity (Wildman–Crippen MR) is 87.6 cm³/mol. The molecule has 8 nitrogen and oxygen atoms in total. The number of hydrogen-bond acceptors (Lipinski definition) is 5. The van der Waals surface area contributed by atoms with Gasteiger partial charge in [0.2, 0.25) is 0 Å². The quantitative estimate of drug-likeness (QED) is 0.820. The smallest absolute Gasteiger partial charge is 0.274 e. The van der Waals surface area contributed by atoms with Gasteiger partial charge >= 0.3 is 0 Å². The van der Waals surface area contributed by atoms with E-state index in [0.717, 1.165) is 25.7 Å². The summed E-state index contributed by atoms with van der Waals surface area (Å²) in [5.74, 6) is -0.134. The zero-order chi connectivity index (χ0) is 16.9. The first kappa shape index (κ1) is 16.4. The first-order valence-corrected chi connectivity index (χ1v) is 8.40. The second kappa shape index (κ2) is 7.37. The molecule has 0 saturated carbocycles. The fourth-order valence-corrected chi connectivity index (χ4v) is 2.95. The Morgan fingerprint density at radius 1 is 1.38 bits per heavy atom. The largest absolute Gasteiger partial charge is 0.335 e. The van der Waals surface area contributed by atoms with Crippen LogP contribution in [0.4, 0.5) is 0 Å². The number of unbranched alkanes of at least 4 members (excludes halogenated alkanes) is 1. The molecule has 8 heteroatoms. The molecule has 1 unspecified atom stereocenters. The Kier molecular flexibility index (Phi) is 5.02. The van der Waals surface area contributed by atoms with Crippen LogP contribution in [-0.2, 0) is 6.54 Å². The Labute approximate surface area is 140 Å². The lowest BCUT2D eigenvalue weighted by molar-refractivity contribution is 0.0664. The van der Waals surface area contributed by atoms with Crippen LogP contribution < -0.4 is 5.56 Å². The number of carbonyl (C=O) groups is 1. The van der Waals surface area contributed by atoms with Crippen LogP contribution in [0.5, 0.6) is 0 Å². The van der Waals surface area contributed by atoms with E-state index in [1.54, 1.807) is 15.9 Å². The summed E-state index contributed by atoms with van der Waals surface area (Å²) in [5.41, 5.74) is 0.157. The highest BCUT2D eigenvalue weighted by Crippen LogP contribution is 2.21. The molecule has 24 heavy (non-hydrogen) atoms. The third-order valence-electron chi connectivity index (χ3n) is 4.30. The fourth-order valence-electron chi connectivity index (χ4n) is 2.95. The van der Waals surface area contributed by atoms with Gasteiger partial charge in [0.05, 0.1) is 6.04 Å². The van der Waals surface area contributed by atoms with Crippen molar-refractivity contribution in [3.63, 3.8) is 0 Å². The summed E-state index contributed by atoms with van der Waals surface area (Å²) in [4.78, 5) is 30.4. The molecule has 3 rings (SSSR count). The van der Waals surface area contributed by atoms with Gasteiger partial charge in [-0.1, -0.05) is 13.3 Å². The van der Waals surface area contributed by atoms with Crippen LogP contribution in [0, 0.1) is 0 Å². The van der Waals surface area contributed by atoms with Gasteiger partial charge in [0, 0.05) is 25.7 Å². The molecule has 1 amide bonds. The van der Waals surface area contributed by atoms with E-state index in [-0.39, 0.29) is 17.5 Å². The summed E-state index contributed by atoms with van der Waals surface area (Å²) in [6, 6.07) is 3.08. The number of carbonyl (C=O) groups excluding carboxylic acids is 1. The second-order valence-electron chi connectivity index (χ2n) is 6.06. The number of rotatable bonds is 5. The molecule has 2 aromatic heterocycles. The molecule has 1 atom stereocenters. The summed E-state index contributed by atoms with van der Waals surface area (Å²) in [5, 5.41) is 8.42. The van der Waals surface area contributed by atoms with Crippen LogP contribution in [0.3, 0.4) is 0 Å². The highest BCUT2D eigenvalue weighted by atomic mass is 16.2. The van der Waals surface area contributed by atoms with Gasteiger partial charge in [0.15, 0.2) is 0 Å². The van der Waals surface area contributed by atoms with Crippen LogP contribution in [0.15, 0.2) is 29.6 Å². The number of likely N-dealkylation sites (tertiary alicyclic amines) is 1.